The minimum Gasteiger partial charge on any atom is -0.482 e. The van der Waals surface area contributed by atoms with Gasteiger partial charge in [-0.1, -0.05) is 35.9 Å². The van der Waals surface area contributed by atoms with E-state index in [2.05, 4.69) is 53.6 Å². The van der Waals surface area contributed by atoms with Crippen LogP contribution in [0.15, 0.2) is 53.9 Å². The molecule has 1 aromatic heterocycles. The molecule has 33 heavy (non-hydrogen) atoms. The summed E-state index contributed by atoms with van der Waals surface area (Å²) >= 11 is 1.83. The van der Waals surface area contributed by atoms with Gasteiger partial charge in [-0.25, -0.2) is 4.79 Å². The minimum absolute atomic E-state index is 0.299. The molecule has 4 nitrogen and oxygen atoms in total. The summed E-state index contributed by atoms with van der Waals surface area (Å²) in [5.41, 5.74) is 6.45. The number of carboxylic acids is 1. The lowest BCUT2D eigenvalue weighted by atomic mass is 10.0. The van der Waals surface area contributed by atoms with Crippen molar-refractivity contribution in [1.82, 2.24) is 4.90 Å². The van der Waals surface area contributed by atoms with Gasteiger partial charge in [0.15, 0.2) is 6.61 Å². The van der Waals surface area contributed by atoms with Crippen LogP contribution in [-0.4, -0.2) is 50.0 Å². The third kappa shape index (κ3) is 7.94. The van der Waals surface area contributed by atoms with Crippen molar-refractivity contribution >= 4 is 17.3 Å². The second kappa shape index (κ2) is 13.7. The highest BCUT2D eigenvalue weighted by Gasteiger charge is 2.16. The molecule has 0 bridgehead atoms. The molecule has 1 N–H and O–H groups in total. The lowest BCUT2D eigenvalue weighted by Crippen LogP contribution is -2.25. The van der Waals surface area contributed by atoms with E-state index in [1.807, 2.05) is 23.5 Å². The van der Waals surface area contributed by atoms with Crippen molar-refractivity contribution in [3.05, 3.63) is 75.5 Å². The highest BCUT2D eigenvalue weighted by Crippen LogP contribution is 2.28. The third-order valence-corrected chi connectivity index (χ3v) is 6.27. The molecular formula is C26H31F2NO3S. The number of benzene rings is 2. The standard InChI is InChI=1S/C24H25NO3S.2CH3F/c1-17-2-4-18(5-3-17)21-13-23(29-16-21)14-25-10-8-19-6-7-22(28-15-24(26)27)12-20(19)9-11-25;2*1-2/h2-7,12-13,16H,8-11,14-15H2,1H3,(H,26,27);2*1H3. The fourth-order valence-corrected chi connectivity index (χ4v) is 4.66. The van der Waals surface area contributed by atoms with E-state index in [1.54, 1.807) is 0 Å². The molecule has 2 aromatic carbocycles. The molecule has 2 heterocycles. The highest BCUT2D eigenvalue weighted by atomic mass is 32.1. The van der Waals surface area contributed by atoms with Crippen LogP contribution in [-0.2, 0) is 24.2 Å². The second-order valence-electron chi connectivity index (χ2n) is 7.56. The molecule has 1 aliphatic heterocycles. The summed E-state index contributed by atoms with van der Waals surface area (Å²) in [6.07, 6.45) is 1.96. The number of hydrogen-bond acceptors (Lipinski definition) is 4. The van der Waals surface area contributed by atoms with E-state index >= 15 is 0 Å². The van der Waals surface area contributed by atoms with Crippen LogP contribution in [0.4, 0.5) is 8.78 Å². The SMILES string of the molecule is CF.CF.Cc1ccc(-c2csc(CN3CCc4ccc(OCC(=O)O)cc4CC3)c2)cc1. The fourth-order valence-electron chi connectivity index (χ4n) is 3.72. The molecule has 0 saturated heterocycles. The topological polar surface area (TPSA) is 49.8 Å². The van der Waals surface area contributed by atoms with Crippen molar-refractivity contribution in [3.63, 3.8) is 0 Å². The van der Waals surface area contributed by atoms with Crippen LogP contribution in [0, 0.1) is 6.92 Å². The zero-order valence-corrected chi connectivity index (χ0v) is 20.1. The van der Waals surface area contributed by atoms with Crippen LogP contribution in [0.25, 0.3) is 11.1 Å². The van der Waals surface area contributed by atoms with Crippen molar-refractivity contribution in [3.8, 4) is 16.9 Å². The van der Waals surface area contributed by atoms with Crippen LogP contribution < -0.4 is 4.74 Å². The van der Waals surface area contributed by atoms with E-state index in [0.29, 0.717) is 20.1 Å². The van der Waals surface area contributed by atoms with Crippen LogP contribution in [0.3, 0.4) is 0 Å². The summed E-state index contributed by atoms with van der Waals surface area (Å²) in [6, 6.07) is 17.0. The van der Waals surface area contributed by atoms with Gasteiger partial charge in [-0.2, -0.15) is 0 Å². The molecule has 0 aliphatic carbocycles. The molecule has 0 radical (unpaired) electrons. The van der Waals surface area contributed by atoms with Crippen LogP contribution in [0.5, 0.6) is 5.75 Å². The molecule has 4 rings (SSSR count). The molecule has 7 heteroatoms. The number of aliphatic carboxylic acids is 1. The van der Waals surface area contributed by atoms with Gasteiger partial charge in [-0.3, -0.25) is 13.7 Å². The lowest BCUT2D eigenvalue weighted by Gasteiger charge is -2.18. The number of nitrogens with zero attached hydrogens (tertiary/aromatic N) is 1. The van der Waals surface area contributed by atoms with E-state index in [9.17, 15) is 13.6 Å². The first-order chi connectivity index (χ1) is 16.1. The average molecular weight is 476 g/mol. The zero-order chi connectivity index (χ0) is 24.2. The summed E-state index contributed by atoms with van der Waals surface area (Å²) in [5.74, 6) is -0.312. The Morgan fingerprint density at radius 1 is 0.970 bits per heavy atom. The van der Waals surface area contributed by atoms with Crippen molar-refractivity contribution in [1.29, 1.82) is 0 Å². The second-order valence-corrected chi connectivity index (χ2v) is 8.55. The monoisotopic (exact) mass is 475 g/mol. The molecule has 0 spiro atoms. The molecule has 0 amide bonds. The van der Waals surface area contributed by atoms with Gasteiger partial charge >= 0.3 is 5.97 Å². The number of fused-ring (bicyclic) bond motifs is 1. The van der Waals surface area contributed by atoms with E-state index in [4.69, 9.17) is 9.84 Å². The molecule has 0 atom stereocenters. The predicted molar refractivity (Wildman–Crippen MR) is 131 cm³/mol. The number of aryl methyl sites for hydroxylation is 1. The Morgan fingerprint density at radius 3 is 2.30 bits per heavy atom. The number of rotatable bonds is 6. The Morgan fingerprint density at radius 2 is 1.64 bits per heavy atom. The van der Waals surface area contributed by atoms with Crippen LogP contribution in [0.2, 0.25) is 0 Å². The van der Waals surface area contributed by atoms with Gasteiger partial charge in [0.05, 0.1) is 14.4 Å². The Hall–Kier alpha value is -2.77. The molecule has 1 aliphatic rings. The number of carboxylic acid groups (broad SMARTS) is 1. The first kappa shape index (κ1) is 26.5. The van der Waals surface area contributed by atoms with Crippen LogP contribution in [0.1, 0.15) is 21.6 Å². The predicted octanol–water partition coefficient (Wildman–Crippen LogP) is 5.96. The van der Waals surface area contributed by atoms with Gasteiger partial charge < -0.3 is 9.84 Å². The number of hydrogen-bond donors (Lipinski definition) is 1. The van der Waals surface area contributed by atoms with Gasteiger partial charge in [0.1, 0.15) is 5.75 Å². The summed E-state index contributed by atoms with van der Waals surface area (Å²) in [4.78, 5) is 14.6. The maximum absolute atomic E-state index is 10.7. The molecule has 0 fully saturated rings. The van der Waals surface area contributed by atoms with Gasteiger partial charge in [0, 0.05) is 24.5 Å². The van der Waals surface area contributed by atoms with Crippen molar-refractivity contribution in [2.75, 3.05) is 34.1 Å². The van der Waals surface area contributed by atoms with E-state index < -0.39 is 5.97 Å². The molecule has 0 unspecified atom stereocenters. The molecule has 0 saturated carbocycles. The minimum atomic E-state index is -0.952. The maximum atomic E-state index is 10.7. The summed E-state index contributed by atoms with van der Waals surface area (Å²) < 4.78 is 24.3. The van der Waals surface area contributed by atoms with Gasteiger partial charge in [0.2, 0.25) is 0 Å². The Balaban J connectivity index is 0.000000914. The van der Waals surface area contributed by atoms with Crippen molar-refractivity contribution in [2.24, 2.45) is 0 Å². The Bertz CT molecular complexity index is 1010. The van der Waals surface area contributed by atoms with Gasteiger partial charge in [-0.05, 0) is 65.6 Å². The summed E-state index contributed by atoms with van der Waals surface area (Å²) in [7, 11) is 1.00. The van der Waals surface area contributed by atoms with Crippen molar-refractivity contribution in [2.45, 2.75) is 26.3 Å². The zero-order valence-electron chi connectivity index (χ0n) is 19.3. The largest absolute Gasteiger partial charge is 0.482 e. The number of carbonyl (C=O) groups is 1. The maximum Gasteiger partial charge on any atom is 0.341 e. The van der Waals surface area contributed by atoms with Crippen molar-refractivity contribution < 1.29 is 23.4 Å². The number of alkyl halides is 2. The molecule has 3 aromatic rings. The Labute approximate surface area is 198 Å². The number of ether oxygens (including phenoxy) is 1. The van der Waals surface area contributed by atoms with E-state index in [1.165, 1.54) is 32.7 Å². The lowest BCUT2D eigenvalue weighted by molar-refractivity contribution is -0.139. The third-order valence-electron chi connectivity index (χ3n) is 5.35. The van der Waals surface area contributed by atoms with E-state index in [-0.39, 0.29) is 6.61 Å². The summed E-state index contributed by atoms with van der Waals surface area (Å²) in [6.45, 7) is 4.80. The molecular weight excluding hydrogens is 444 g/mol. The number of halogens is 2. The van der Waals surface area contributed by atoms with Gasteiger partial charge in [-0.15, -0.1) is 11.3 Å². The summed E-state index contributed by atoms with van der Waals surface area (Å²) in [5, 5.41) is 11.0. The fraction of sp³-hybridized carbons (Fsp3) is 0.346. The quantitative estimate of drug-likeness (QED) is 0.478. The molecule has 178 valence electrons. The first-order valence-electron chi connectivity index (χ1n) is 10.7. The highest BCUT2D eigenvalue weighted by molar-refractivity contribution is 7.10. The van der Waals surface area contributed by atoms with Crippen LogP contribution >= 0.6 is 11.3 Å². The average Bonchev–Trinajstić information content (AvgIpc) is 3.22. The van der Waals surface area contributed by atoms with Gasteiger partial charge in [0.25, 0.3) is 0 Å². The first-order valence-corrected chi connectivity index (χ1v) is 11.5. The normalized spacial score (nSPS) is 12.9. The number of thiophene rings is 1. The Kier molecular flexibility index (Phi) is 11.0. The van der Waals surface area contributed by atoms with E-state index in [0.717, 1.165) is 32.5 Å². The smallest absolute Gasteiger partial charge is 0.341 e.